The molecule has 25 heavy (non-hydrogen) atoms. The molecule has 0 fully saturated rings. The lowest BCUT2D eigenvalue weighted by Crippen LogP contribution is -2.37. The van der Waals surface area contributed by atoms with Crippen molar-refractivity contribution in [3.8, 4) is 0 Å². The Bertz CT molecular complexity index is 676. The number of benzene rings is 1. The van der Waals surface area contributed by atoms with E-state index in [2.05, 4.69) is 4.98 Å². The second-order valence-corrected chi connectivity index (χ2v) is 5.58. The molecule has 132 valence electrons. The smallest absolute Gasteiger partial charge is 0.410 e. The van der Waals surface area contributed by atoms with Gasteiger partial charge >= 0.3 is 12.1 Å². The van der Waals surface area contributed by atoms with Crippen molar-refractivity contribution in [2.75, 3.05) is 20.7 Å². The first kappa shape index (κ1) is 18.4. The van der Waals surface area contributed by atoms with Crippen molar-refractivity contribution in [3.63, 3.8) is 0 Å². The topological polar surface area (TPSA) is 68.7 Å². The Morgan fingerprint density at radius 1 is 1.12 bits per heavy atom. The van der Waals surface area contributed by atoms with E-state index in [0.29, 0.717) is 13.0 Å². The summed E-state index contributed by atoms with van der Waals surface area (Å²) >= 11 is 0. The van der Waals surface area contributed by atoms with Crippen LogP contribution < -0.4 is 0 Å². The quantitative estimate of drug-likeness (QED) is 0.723. The molecule has 1 aromatic carbocycles. The average molecular weight is 342 g/mol. The van der Waals surface area contributed by atoms with Gasteiger partial charge in [0.15, 0.2) is 0 Å². The molecule has 1 aromatic heterocycles. The Balaban J connectivity index is 1.92. The molecule has 0 aliphatic carbocycles. The van der Waals surface area contributed by atoms with Crippen molar-refractivity contribution >= 4 is 12.1 Å². The fourth-order valence-corrected chi connectivity index (χ4v) is 2.26. The first-order valence-electron chi connectivity index (χ1n) is 8.03. The maximum atomic E-state index is 12.3. The summed E-state index contributed by atoms with van der Waals surface area (Å²) in [4.78, 5) is 29.8. The highest BCUT2D eigenvalue weighted by molar-refractivity contribution is 5.79. The van der Waals surface area contributed by atoms with E-state index in [1.165, 1.54) is 12.0 Å². The summed E-state index contributed by atoms with van der Waals surface area (Å²) in [6.45, 7) is 0.440. The van der Waals surface area contributed by atoms with Crippen molar-refractivity contribution in [1.82, 2.24) is 9.88 Å². The van der Waals surface area contributed by atoms with Crippen LogP contribution in [0.2, 0.25) is 0 Å². The number of methoxy groups -OCH3 is 1. The molecule has 1 amide bonds. The lowest BCUT2D eigenvalue weighted by atomic mass is 10.1. The highest BCUT2D eigenvalue weighted by Crippen LogP contribution is 2.09. The van der Waals surface area contributed by atoms with Gasteiger partial charge in [-0.25, -0.2) is 9.59 Å². The Morgan fingerprint density at radius 3 is 2.48 bits per heavy atom. The molecule has 0 aliphatic heterocycles. The predicted octanol–water partition coefficient (Wildman–Crippen LogP) is 2.48. The molecule has 0 spiro atoms. The Hall–Kier alpha value is -2.89. The lowest BCUT2D eigenvalue weighted by Gasteiger charge is -2.21. The van der Waals surface area contributed by atoms with Gasteiger partial charge in [0.25, 0.3) is 0 Å². The van der Waals surface area contributed by atoms with Crippen LogP contribution in [0.4, 0.5) is 4.79 Å². The first-order valence-corrected chi connectivity index (χ1v) is 8.03. The summed E-state index contributed by atoms with van der Waals surface area (Å²) in [6, 6.07) is 15.0. The van der Waals surface area contributed by atoms with Gasteiger partial charge in [0.05, 0.1) is 7.11 Å². The van der Waals surface area contributed by atoms with Gasteiger partial charge in [-0.2, -0.15) is 0 Å². The highest BCUT2D eigenvalue weighted by atomic mass is 16.6. The Morgan fingerprint density at radius 2 is 1.84 bits per heavy atom. The molecule has 0 N–H and O–H groups in total. The fourth-order valence-electron chi connectivity index (χ4n) is 2.26. The molecule has 0 radical (unpaired) electrons. The molecule has 0 aliphatic rings. The van der Waals surface area contributed by atoms with E-state index < -0.39 is 18.2 Å². The van der Waals surface area contributed by atoms with Crippen LogP contribution in [0.5, 0.6) is 0 Å². The van der Waals surface area contributed by atoms with Crippen LogP contribution in [0.3, 0.4) is 0 Å². The van der Waals surface area contributed by atoms with E-state index in [1.807, 2.05) is 48.5 Å². The molecule has 2 aromatic rings. The van der Waals surface area contributed by atoms with Gasteiger partial charge < -0.3 is 14.4 Å². The minimum Gasteiger partial charge on any atom is -0.466 e. The SMILES string of the molecule is COC(=O)[C@H](Cc1ccccc1)OC(=O)N(C)CCc1ccccn1. The van der Waals surface area contributed by atoms with Gasteiger partial charge in [-0.3, -0.25) is 4.98 Å². The third-order valence-electron chi connectivity index (χ3n) is 3.71. The van der Waals surface area contributed by atoms with Gasteiger partial charge in [0, 0.05) is 38.3 Å². The molecule has 1 heterocycles. The number of esters is 1. The van der Waals surface area contributed by atoms with Gasteiger partial charge in [-0.15, -0.1) is 0 Å². The molecule has 0 unspecified atom stereocenters. The Kier molecular flexibility index (Phi) is 6.95. The van der Waals surface area contributed by atoms with Gasteiger partial charge in [0.2, 0.25) is 6.10 Å². The van der Waals surface area contributed by atoms with Crippen molar-refractivity contribution in [3.05, 3.63) is 66.0 Å². The standard InChI is InChI=1S/C19H22N2O4/c1-21(13-11-16-10-6-7-12-20-16)19(23)25-17(18(22)24-2)14-15-8-4-3-5-9-15/h3-10,12,17H,11,13-14H2,1-2H3/t17-/m0/s1. The van der Waals surface area contributed by atoms with E-state index >= 15 is 0 Å². The maximum absolute atomic E-state index is 12.3. The van der Waals surface area contributed by atoms with Crippen LogP contribution in [0, 0.1) is 0 Å². The second kappa shape index (κ2) is 9.42. The van der Waals surface area contributed by atoms with E-state index in [-0.39, 0.29) is 6.42 Å². The summed E-state index contributed by atoms with van der Waals surface area (Å²) in [7, 11) is 2.90. The molecule has 6 heteroatoms. The number of likely N-dealkylation sites (N-methyl/N-ethyl adjacent to an activating group) is 1. The molecule has 2 rings (SSSR count). The molecule has 0 saturated heterocycles. The van der Waals surface area contributed by atoms with Crippen LogP contribution in [0.15, 0.2) is 54.7 Å². The molecular formula is C19H22N2O4. The number of aromatic nitrogens is 1. The van der Waals surface area contributed by atoms with Gasteiger partial charge in [-0.05, 0) is 17.7 Å². The maximum Gasteiger partial charge on any atom is 0.410 e. The number of amides is 1. The Labute approximate surface area is 147 Å². The number of ether oxygens (including phenoxy) is 2. The number of hydrogen-bond donors (Lipinski definition) is 0. The minimum absolute atomic E-state index is 0.271. The normalized spacial score (nSPS) is 11.4. The van der Waals surface area contributed by atoms with Crippen molar-refractivity contribution in [2.45, 2.75) is 18.9 Å². The summed E-state index contributed by atoms with van der Waals surface area (Å²) in [5.74, 6) is -0.574. The van der Waals surface area contributed by atoms with E-state index in [1.54, 1.807) is 13.2 Å². The predicted molar refractivity (Wildman–Crippen MR) is 93.0 cm³/mol. The number of carbonyl (C=O) groups excluding carboxylic acids is 2. The first-order chi connectivity index (χ1) is 12.1. The fraction of sp³-hybridized carbons (Fsp3) is 0.316. The van der Waals surface area contributed by atoms with Crippen LogP contribution >= 0.6 is 0 Å². The van der Waals surface area contributed by atoms with Crippen molar-refractivity contribution in [1.29, 1.82) is 0 Å². The average Bonchev–Trinajstić information content (AvgIpc) is 2.66. The molecule has 0 bridgehead atoms. The van der Waals surface area contributed by atoms with E-state index in [0.717, 1.165) is 11.3 Å². The molecular weight excluding hydrogens is 320 g/mol. The third kappa shape index (κ3) is 5.91. The van der Waals surface area contributed by atoms with Gasteiger partial charge in [0.1, 0.15) is 0 Å². The van der Waals surface area contributed by atoms with Crippen LogP contribution in [-0.2, 0) is 27.1 Å². The van der Waals surface area contributed by atoms with Crippen molar-refractivity contribution < 1.29 is 19.1 Å². The highest BCUT2D eigenvalue weighted by Gasteiger charge is 2.25. The number of hydrogen-bond acceptors (Lipinski definition) is 5. The number of rotatable bonds is 7. The zero-order valence-electron chi connectivity index (χ0n) is 14.4. The molecule has 1 atom stereocenters. The minimum atomic E-state index is -0.975. The second-order valence-electron chi connectivity index (χ2n) is 5.58. The van der Waals surface area contributed by atoms with Crippen LogP contribution in [0.1, 0.15) is 11.3 Å². The van der Waals surface area contributed by atoms with E-state index in [4.69, 9.17) is 9.47 Å². The summed E-state index contributed by atoms with van der Waals surface area (Å²) in [5.41, 5.74) is 1.78. The molecule has 0 saturated carbocycles. The molecule has 6 nitrogen and oxygen atoms in total. The lowest BCUT2D eigenvalue weighted by molar-refractivity contribution is -0.150. The number of nitrogens with zero attached hydrogens (tertiary/aromatic N) is 2. The number of carbonyl (C=O) groups is 2. The summed E-state index contributed by atoms with van der Waals surface area (Å²) < 4.78 is 10.1. The summed E-state index contributed by atoms with van der Waals surface area (Å²) in [5, 5.41) is 0. The zero-order valence-corrected chi connectivity index (χ0v) is 14.4. The van der Waals surface area contributed by atoms with Gasteiger partial charge in [-0.1, -0.05) is 36.4 Å². The third-order valence-corrected chi connectivity index (χ3v) is 3.71. The monoisotopic (exact) mass is 342 g/mol. The van der Waals surface area contributed by atoms with E-state index in [9.17, 15) is 9.59 Å². The van der Waals surface area contributed by atoms with Crippen LogP contribution in [0.25, 0.3) is 0 Å². The largest absolute Gasteiger partial charge is 0.466 e. The summed E-state index contributed by atoms with van der Waals surface area (Å²) in [6.07, 6.45) is 1.04. The van der Waals surface area contributed by atoms with Crippen molar-refractivity contribution in [2.24, 2.45) is 0 Å². The van der Waals surface area contributed by atoms with Crippen LogP contribution in [-0.4, -0.2) is 48.8 Å². The zero-order chi connectivity index (χ0) is 18.1. The number of pyridine rings is 1.